The van der Waals surface area contributed by atoms with Crippen LogP contribution in [0.4, 0.5) is 0 Å². The van der Waals surface area contributed by atoms with Crippen molar-refractivity contribution in [3.05, 3.63) is 0 Å². The zero-order valence-electron chi connectivity index (χ0n) is 29.9. The molecule has 11 nitrogen and oxygen atoms in total. The summed E-state index contributed by atoms with van der Waals surface area (Å²) in [5, 5.41) is 4.52. The second-order valence-corrected chi connectivity index (χ2v) is 17.3. The van der Waals surface area contributed by atoms with Crippen LogP contribution in [0.25, 0.3) is 0 Å². The lowest BCUT2D eigenvalue weighted by molar-refractivity contribution is 0.00453. The van der Waals surface area contributed by atoms with Gasteiger partial charge in [-0.1, -0.05) is 66.3 Å². The molecule has 0 radical (unpaired) electrons. The monoisotopic (exact) mass is 735 g/mol. The summed E-state index contributed by atoms with van der Waals surface area (Å²) in [5.41, 5.74) is 3.76. The highest BCUT2D eigenvalue weighted by Gasteiger charge is 2.42. The largest absolute Gasteiger partial charge is 0.412 e. The fourth-order valence-corrected chi connectivity index (χ4v) is 10.6. The summed E-state index contributed by atoms with van der Waals surface area (Å²) in [6.45, 7) is 16.0. The number of nitrogens with one attached hydrogen (secondary N) is 3. The molecule has 2 saturated heterocycles. The molecule has 294 valence electrons. The fraction of sp³-hybridized carbons (Fsp3) is 1.00. The number of hydrogen-bond acceptors (Lipinski definition) is 6. The first-order chi connectivity index (χ1) is 19.8. The van der Waals surface area contributed by atoms with Crippen LogP contribution in [0.3, 0.4) is 0 Å². The van der Waals surface area contributed by atoms with Crippen LogP contribution < -0.4 is 15.5 Å². The molecule has 3 aliphatic carbocycles. The van der Waals surface area contributed by atoms with Gasteiger partial charge in [-0.25, -0.2) is 0 Å². The summed E-state index contributed by atoms with van der Waals surface area (Å²) in [6.07, 6.45) is 17.9. The molecule has 5 fully saturated rings. The third-order valence-electron chi connectivity index (χ3n) is 11.9. The maximum absolute atomic E-state index is 6.44. The first-order valence-corrected chi connectivity index (χ1v) is 19.1. The number of hydroxylamine groups is 1. The molecule has 3 saturated carbocycles. The van der Waals surface area contributed by atoms with Crippen LogP contribution >= 0.6 is 23.5 Å². The number of nitrogens with zero attached hydrogens (tertiary/aromatic N) is 1. The van der Waals surface area contributed by atoms with E-state index in [2.05, 4.69) is 48.1 Å². The minimum Gasteiger partial charge on any atom is -0.412 e. The highest BCUT2D eigenvalue weighted by Crippen LogP contribution is 2.45. The number of alkyl halides is 1. The zero-order chi connectivity index (χ0) is 28.8. The van der Waals surface area contributed by atoms with Gasteiger partial charge in [0.1, 0.15) is 0 Å². The SMILES string of the molecule is C.CC(C)[C@H](CN1CC[C@H](C2CCC(Cl)CC2)C(C)(C)C1)NCC1CCCC(CNSCC2NOC3CCCCC23)C1.O.O.O.O.O.O. The van der Waals surface area contributed by atoms with Crippen molar-refractivity contribution in [1.29, 1.82) is 0 Å². The van der Waals surface area contributed by atoms with E-state index >= 15 is 0 Å². The Hall–Kier alpha value is 0.200. The summed E-state index contributed by atoms with van der Waals surface area (Å²) in [5.74, 6) is 5.93. The van der Waals surface area contributed by atoms with Gasteiger partial charge in [-0.2, -0.15) is 5.48 Å². The summed E-state index contributed by atoms with van der Waals surface area (Å²) < 4.78 is 3.76. The molecule has 0 aromatic carbocycles. The van der Waals surface area contributed by atoms with Gasteiger partial charge in [0.15, 0.2) is 0 Å². The van der Waals surface area contributed by atoms with E-state index < -0.39 is 0 Å². The molecule has 0 amide bonds. The average molecular weight is 736 g/mol. The minimum absolute atomic E-state index is 0. The van der Waals surface area contributed by atoms with Crippen molar-refractivity contribution in [2.75, 3.05) is 38.5 Å². The molecule has 15 N–H and O–H groups in total. The van der Waals surface area contributed by atoms with Gasteiger partial charge >= 0.3 is 0 Å². The van der Waals surface area contributed by atoms with E-state index in [1.807, 2.05) is 11.9 Å². The fourth-order valence-electron chi connectivity index (χ4n) is 9.35. The Balaban J connectivity index is -0.00000289. The molecule has 5 rings (SSSR count). The Bertz CT molecular complexity index is 800. The van der Waals surface area contributed by atoms with Gasteiger partial charge in [0.25, 0.3) is 0 Å². The Morgan fingerprint density at radius 2 is 1.50 bits per heavy atom. The lowest BCUT2D eigenvalue weighted by atomic mass is 9.64. The van der Waals surface area contributed by atoms with Gasteiger partial charge in [-0.3, -0.25) is 9.56 Å². The third kappa shape index (κ3) is 14.7. The van der Waals surface area contributed by atoms with E-state index in [4.69, 9.17) is 16.4 Å². The minimum atomic E-state index is 0. The van der Waals surface area contributed by atoms with Crippen molar-refractivity contribution >= 4 is 23.5 Å². The predicted octanol–water partition coefficient (Wildman–Crippen LogP) is 2.94. The molecule has 2 heterocycles. The third-order valence-corrected chi connectivity index (χ3v) is 13.2. The normalized spacial score (nSPS) is 33.4. The topological polar surface area (TPSA) is 238 Å². The first kappa shape index (κ1) is 52.6. The van der Waals surface area contributed by atoms with Crippen LogP contribution in [0, 0.1) is 40.9 Å². The van der Waals surface area contributed by atoms with Gasteiger partial charge in [0, 0.05) is 48.8 Å². The molecule has 13 heteroatoms. The summed E-state index contributed by atoms with van der Waals surface area (Å²) in [4.78, 5) is 8.68. The second-order valence-electron chi connectivity index (χ2n) is 15.8. The molecular weight excluding hydrogens is 656 g/mol. The Labute approximate surface area is 302 Å². The van der Waals surface area contributed by atoms with Crippen molar-refractivity contribution in [3.63, 3.8) is 0 Å². The lowest BCUT2D eigenvalue weighted by Gasteiger charge is -2.49. The van der Waals surface area contributed by atoms with E-state index in [-0.39, 0.29) is 40.3 Å². The maximum Gasteiger partial charge on any atom is 0.0834 e. The number of likely N-dealkylation sites (tertiary alicyclic amines) is 1. The summed E-state index contributed by atoms with van der Waals surface area (Å²) >= 11 is 8.37. The number of fused-ring (bicyclic) bond motifs is 1. The molecule has 48 heavy (non-hydrogen) atoms. The van der Waals surface area contributed by atoms with Crippen LogP contribution in [0.5, 0.6) is 0 Å². The van der Waals surface area contributed by atoms with Gasteiger partial charge < -0.3 is 43.1 Å². The quantitative estimate of drug-likeness (QED) is 0.155. The van der Waals surface area contributed by atoms with E-state index in [0.29, 0.717) is 34.9 Å². The van der Waals surface area contributed by atoms with Crippen molar-refractivity contribution in [1.82, 2.24) is 20.4 Å². The molecule has 7 atom stereocenters. The smallest absolute Gasteiger partial charge is 0.0834 e. The van der Waals surface area contributed by atoms with Crippen molar-refractivity contribution in [3.8, 4) is 0 Å². The molecule has 0 aromatic rings. The van der Waals surface area contributed by atoms with E-state index in [0.717, 1.165) is 41.9 Å². The highest BCUT2D eigenvalue weighted by atomic mass is 35.5. The van der Waals surface area contributed by atoms with Crippen LogP contribution in [-0.2, 0) is 4.84 Å². The van der Waals surface area contributed by atoms with Crippen LogP contribution in [-0.4, -0.2) is 99.8 Å². The van der Waals surface area contributed by atoms with Crippen molar-refractivity contribution < 1.29 is 37.7 Å². The van der Waals surface area contributed by atoms with E-state index in [9.17, 15) is 0 Å². The van der Waals surface area contributed by atoms with Crippen LogP contribution in [0.15, 0.2) is 0 Å². The number of halogens is 1. The molecule has 0 bridgehead atoms. The van der Waals surface area contributed by atoms with Gasteiger partial charge in [0.2, 0.25) is 0 Å². The Morgan fingerprint density at radius 1 is 0.854 bits per heavy atom. The molecule has 0 aromatic heterocycles. The standard InChI is InChI=1S/C34H63ClN4OS.CH4.6H2O/c1-24(2)31(21-39-17-16-30(34(3,4)23-39)27-12-14-28(35)15-13-27)36-19-25-8-7-9-26(18-25)20-37-41-22-32-29-10-5-6-11-33(29)40-38-32;;;;;;;/h24-33,36-38H,5-23H2,1-4H3;1H4;6*1H2/t25?,26?,27?,28?,29?,30-,31+,32?,33?;;;;;;;/m1......./s1. The second kappa shape index (κ2) is 25.2. The first-order valence-electron chi connectivity index (χ1n) is 17.6. The molecule has 2 aliphatic heterocycles. The molecule has 5 unspecified atom stereocenters. The van der Waals surface area contributed by atoms with Gasteiger partial charge in [-0.05, 0) is 112 Å². The van der Waals surface area contributed by atoms with Crippen LogP contribution in [0.1, 0.15) is 119 Å². The molecule has 0 spiro atoms. The average Bonchev–Trinajstić information content (AvgIpc) is 3.37. The van der Waals surface area contributed by atoms with Gasteiger partial charge in [0.05, 0.1) is 6.10 Å². The van der Waals surface area contributed by atoms with Crippen molar-refractivity contribution in [2.24, 2.45) is 40.9 Å². The summed E-state index contributed by atoms with van der Waals surface area (Å²) in [6, 6.07) is 1.11. The number of hydrogen-bond donors (Lipinski definition) is 3. The highest BCUT2D eigenvalue weighted by molar-refractivity contribution is 7.97. The Kier molecular flexibility index (Phi) is 27.6. The van der Waals surface area contributed by atoms with E-state index in [1.54, 1.807) is 0 Å². The van der Waals surface area contributed by atoms with Gasteiger partial charge in [-0.15, -0.1) is 11.6 Å². The van der Waals surface area contributed by atoms with E-state index in [1.165, 1.54) is 110 Å². The number of rotatable bonds is 12. The zero-order valence-corrected chi connectivity index (χ0v) is 31.4. The molecule has 5 aliphatic rings. The maximum atomic E-state index is 6.44. The Morgan fingerprint density at radius 3 is 2.15 bits per heavy atom. The lowest BCUT2D eigenvalue weighted by Crippen LogP contribution is -2.53. The van der Waals surface area contributed by atoms with Crippen LogP contribution in [0.2, 0.25) is 0 Å². The van der Waals surface area contributed by atoms with Crippen molar-refractivity contribution in [2.45, 2.75) is 142 Å². The molecular formula is C35H79ClN4O7S. The number of piperidine rings is 1. The summed E-state index contributed by atoms with van der Waals surface area (Å²) in [7, 11) is 0. The predicted molar refractivity (Wildman–Crippen MR) is 205 cm³/mol.